The van der Waals surface area contributed by atoms with E-state index in [1.165, 1.54) is 10.9 Å². The predicted octanol–water partition coefficient (Wildman–Crippen LogP) is 3.99. The number of halogens is 2. The zero-order valence-corrected chi connectivity index (χ0v) is 17.0. The molecular weight excluding hydrogens is 416 g/mol. The maximum Gasteiger partial charge on any atom is 0.270 e. The van der Waals surface area contributed by atoms with E-state index in [1.54, 1.807) is 18.2 Å². The Balaban J connectivity index is 1.54. The van der Waals surface area contributed by atoms with E-state index in [1.807, 2.05) is 30.3 Å². The molecule has 0 fully saturated rings. The summed E-state index contributed by atoms with van der Waals surface area (Å²) in [7, 11) is 0. The lowest BCUT2D eigenvalue weighted by molar-refractivity contribution is 0.0932. The highest BCUT2D eigenvalue weighted by atomic mass is 19.1. The fourth-order valence-electron chi connectivity index (χ4n) is 3.39. The van der Waals surface area contributed by atoms with Crippen LogP contribution in [-0.4, -0.2) is 33.9 Å². The molecule has 0 saturated heterocycles. The average molecular weight is 437 g/mol. The number of carbonyl (C=O) groups excluding carboxylic acids is 1. The summed E-state index contributed by atoms with van der Waals surface area (Å²) in [6.45, 7) is -0.229. The molecule has 2 aromatic carbocycles. The maximum absolute atomic E-state index is 14.0. The fourth-order valence-corrected chi connectivity index (χ4v) is 3.39. The SMILES string of the molecule is O=C(NC[C@@H](CO)Cc1cc(F)ccc1F)c1cc(-c2ccco2)nn1-c1ccccc1. The summed E-state index contributed by atoms with van der Waals surface area (Å²) in [6, 6.07) is 17.4. The van der Waals surface area contributed by atoms with E-state index in [-0.39, 0.29) is 30.8 Å². The van der Waals surface area contributed by atoms with E-state index in [9.17, 15) is 18.7 Å². The van der Waals surface area contributed by atoms with Gasteiger partial charge < -0.3 is 14.8 Å². The Labute approximate surface area is 183 Å². The van der Waals surface area contributed by atoms with Gasteiger partial charge in [0.1, 0.15) is 23.0 Å². The molecule has 0 aliphatic carbocycles. The molecule has 4 aromatic rings. The van der Waals surface area contributed by atoms with Gasteiger partial charge in [0.05, 0.1) is 12.0 Å². The molecular formula is C24H21F2N3O3. The van der Waals surface area contributed by atoms with Gasteiger partial charge in [0.25, 0.3) is 5.91 Å². The van der Waals surface area contributed by atoms with E-state index in [0.29, 0.717) is 17.1 Å². The normalized spacial score (nSPS) is 12.0. The van der Waals surface area contributed by atoms with E-state index in [0.717, 1.165) is 18.2 Å². The number of carbonyl (C=O) groups is 1. The second-order valence-corrected chi connectivity index (χ2v) is 7.34. The largest absolute Gasteiger partial charge is 0.463 e. The summed E-state index contributed by atoms with van der Waals surface area (Å²) in [5.74, 6) is -1.51. The van der Waals surface area contributed by atoms with Gasteiger partial charge in [-0.15, -0.1) is 0 Å². The third-order valence-electron chi connectivity index (χ3n) is 5.04. The molecule has 2 aromatic heterocycles. The van der Waals surface area contributed by atoms with Crippen molar-refractivity contribution in [1.82, 2.24) is 15.1 Å². The summed E-state index contributed by atoms with van der Waals surface area (Å²) in [6.07, 6.45) is 1.60. The molecule has 6 nitrogen and oxygen atoms in total. The van der Waals surface area contributed by atoms with Crippen molar-refractivity contribution in [3.63, 3.8) is 0 Å². The minimum Gasteiger partial charge on any atom is -0.463 e. The Hall–Kier alpha value is -3.78. The third kappa shape index (κ3) is 4.76. The minimum absolute atomic E-state index is 0.0708. The van der Waals surface area contributed by atoms with Crippen molar-refractivity contribution in [3.05, 3.63) is 95.9 Å². The number of nitrogens with one attached hydrogen (secondary N) is 1. The highest BCUT2D eigenvalue weighted by Crippen LogP contribution is 2.22. The zero-order valence-electron chi connectivity index (χ0n) is 17.0. The van der Waals surface area contributed by atoms with Crippen LogP contribution in [0, 0.1) is 17.6 Å². The lowest BCUT2D eigenvalue weighted by atomic mass is 9.99. The Morgan fingerprint density at radius 2 is 1.91 bits per heavy atom. The van der Waals surface area contributed by atoms with Gasteiger partial charge in [-0.2, -0.15) is 5.10 Å². The molecule has 0 aliphatic heterocycles. The van der Waals surface area contributed by atoms with Crippen LogP contribution < -0.4 is 5.32 Å². The first kappa shape index (κ1) is 21.5. The van der Waals surface area contributed by atoms with Gasteiger partial charge in [0.15, 0.2) is 5.76 Å². The number of amides is 1. The van der Waals surface area contributed by atoms with Crippen LogP contribution >= 0.6 is 0 Å². The molecule has 8 heteroatoms. The Morgan fingerprint density at radius 3 is 2.62 bits per heavy atom. The number of aliphatic hydroxyl groups is 1. The van der Waals surface area contributed by atoms with Gasteiger partial charge in [-0.1, -0.05) is 18.2 Å². The number of para-hydroxylation sites is 1. The van der Waals surface area contributed by atoms with Crippen molar-refractivity contribution in [3.8, 4) is 17.1 Å². The van der Waals surface area contributed by atoms with Crippen LogP contribution in [0.4, 0.5) is 8.78 Å². The second kappa shape index (κ2) is 9.57. The molecule has 1 amide bonds. The van der Waals surface area contributed by atoms with Gasteiger partial charge >= 0.3 is 0 Å². The molecule has 164 valence electrons. The molecule has 0 aliphatic rings. The second-order valence-electron chi connectivity index (χ2n) is 7.34. The first-order valence-corrected chi connectivity index (χ1v) is 10.1. The number of furan rings is 1. The Kier molecular flexibility index (Phi) is 6.42. The summed E-state index contributed by atoms with van der Waals surface area (Å²) >= 11 is 0. The van der Waals surface area contributed by atoms with Gasteiger partial charge in [0.2, 0.25) is 0 Å². The first-order valence-electron chi connectivity index (χ1n) is 10.1. The predicted molar refractivity (Wildman–Crippen MR) is 114 cm³/mol. The summed E-state index contributed by atoms with van der Waals surface area (Å²) in [4.78, 5) is 13.0. The average Bonchev–Trinajstić information content (AvgIpc) is 3.49. The number of nitrogens with zero attached hydrogens (tertiary/aromatic N) is 2. The smallest absolute Gasteiger partial charge is 0.270 e. The van der Waals surface area contributed by atoms with Crippen LogP contribution in [0.3, 0.4) is 0 Å². The monoisotopic (exact) mass is 437 g/mol. The van der Waals surface area contributed by atoms with Crippen LogP contribution in [-0.2, 0) is 6.42 Å². The molecule has 4 rings (SSSR count). The standard InChI is InChI=1S/C24H21F2N3O3/c25-18-8-9-20(26)17(12-18)11-16(15-30)14-27-24(31)22-13-21(23-7-4-10-32-23)28-29(22)19-5-2-1-3-6-19/h1-10,12-13,16,30H,11,14-15H2,(H,27,31)/t16-/m0/s1. The molecule has 2 heterocycles. The van der Waals surface area contributed by atoms with Crippen molar-refractivity contribution in [1.29, 1.82) is 0 Å². The molecule has 2 N–H and O–H groups in total. The van der Waals surface area contributed by atoms with Gasteiger partial charge in [-0.25, -0.2) is 13.5 Å². The first-order chi connectivity index (χ1) is 15.5. The highest BCUT2D eigenvalue weighted by Gasteiger charge is 2.20. The topological polar surface area (TPSA) is 80.3 Å². The molecule has 0 saturated carbocycles. The zero-order chi connectivity index (χ0) is 22.5. The summed E-state index contributed by atoms with van der Waals surface area (Å²) < 4.78 is 34.3. The van der Waals surface area contributed by atoms with Crippen LogP contribution in [0.5, 0.6) is 0 Å². The number of rotatable bonds is 8. The van der Waals surface area contributed by atoms with Crippen molar-refractivity contribution in [2.24, 2.45) is 5.92 Å². The van der Waals surface area contributed by atoms with Crippen LogP contribution in [0.1, 0.15) is 16.1 Å². The van der Waals surface area contributed by atoms with Gasteiger partial charge in [-0.3, -0.25) is 4.79 Å². The lowest BCUT2D eigenvalue weighted by Crippen LogP contribution is -2.33. The number of hydrogen-bond donors (Lipinski definition) is 2. The number of hydrogen-bond acceptors (Lipinski definition) is 4. The van der Waals surface area contributed by atoms with Crippen molar-refractivity contribution < 1.29 is 23.1 Å². The van der Waals surface area contributed by atoms with Gasteiger partial charge in [-0.05, 0) is 54.4 Å². The molecule has 1 atom stereocenters. The van der Waals surface area contributed by atoms with E-state index in [2.05, 4.69) is 10.4 Å². The number of aromatic nitrogens is 2. The Morgan fingerprint density at radius 1 is 1.09 bits per heavy atom. The number of aliphatic hydroxyl groups excluding tert-OH is 1. The molecule has 0 spiro atoms. The maximum atomic E-state index is 14.0. The van der Waals surface area contributed by atoms with E-state index in [4.69, 9.17) is 4.42 Å². The van der Waals surface area contributed by atoms with Crippen molar-refractivity contribution in [2.45, 2.75) is 6.42 Å². The molecule has 0 radical (unpaired) electrons. The van der Waals surface area contributed by atoms with Crippen LogP contribution in [0.15, 0.2) is 77.4 Å². The number of benzene rings is 2. The van der Waals surface area contributed by atoms with E-state index < -0.39 is 23.5 Å². The summed E-state index contributed by atoms with van der Waals surface area (Å²) in [5.41, 5.74) is 1.60. The van der Waals surface area contributed by atoms with Gasteiger partial charge in [0, 0.05) is 25.1 Å². The molecule has 32 heavy (non-hydrogen) atoms. The quantitative estimate of drug-likeness (QED) is 0.437. The van der Waals surface area contributed by atoms with Crippen LogP contribution in [0.2, 0.25) is 0 Å². The van der Waals surface area contributed by atoms with Crippen LogP contribution in [0.25, 0.3) is 17.1 Å². The molecule has 0 bridgehead atoms. The van der Waals surface area contributed by atoms with Crippen molar-refractivity contribution >= 4 is 5.91 Å². The minimum atomic E-state index is -0.556. The Bertz CT molecular complexity index is 1190. The third-order valence-corrected chi connectivity index (χ3v) is 5.04. The van der Waals surface area contributed by atoms with Crippen molar-refractivity contribution in [2.75, 3.05) is 13.2 Å². The van der Waals surface area contributed by atoms with E-state index >= 15 is 0 Å². The fraction of sp³-hybridized carbons (Fsp3) is 0.167. The summed E-state index contributed by atoms with van der Waals surface area (Å²) in [5, 5.41) is 17.0. The molecule has 0 unspecified atom stereocenters. The highest BCUT2D eigenvalue weighted by molar-refractivity contribution is 5.94. The lowest BCUT2D eigenvalue weighted by Gasteiger charge is -2.16.